The lowest BCUT2D eigenvalue weighted by Crippen LogP contribution is -2.04. The summed E-state index contributed by atoms with van der Waals surface area (Å²) in [5, 5.41) is 0. The number of hydrogen-bond acceptors (Lipinski definition) is 2. The molecule has 100 valence electrons. The summed E-state index contributed by atoms with van der Waals surface area (Å²) in [6.07, 6.45) is 8.56. The van der Waals surface area contributed by atoms with Gasteiger partial charge < -0.3 is 10.7 Å². The van der Waals surface area contributed by atoms with Crippen molar-refractivity contribution >= 4 is 0 Å². The van der Waals surface area contributed by atoms with Crippen molar-refractivity contribution in [3.8, 4) is 11.3 Å². The molecule has 1 aromatic carbocycles. The first-order valence-corrected chi connectivity index (χ1v) is 7.21. The van der Waals surface area contributed by atoms with Gasteiger partial charge in [0, 0.05) is 12.1 Å². The number of nitrogens with two attached hydrogens (primary N) is 1. The van der Waals surface area contributed by atoms with Gasteiger partial charge >= 0.3 is 0 Å². The van der Waals surface area contributed by atoms with Crippen LogP contribution in [-0.2, 0) is 6.54 Å². The smallest absolute Gasteiger partial charge is 0.0929 e. The van der Waals surface area contributed by atoms with Crippen LogP contribution in [0.3, 0.4) is 0 Å². The first-order valence-electron chi connectivity index (χ1n) is 7.21. The zero-order valence-corrected chi connectivity index (χ0v) is 11.2. The van der Waals surface area contributed by atoms with Gasteiger partial charge in [-0.1, -0.05) is 43.5 Å². The Morgan fingerprint density at radius 1 is 1.11 bits per heavy atom. The summed E-state index contributed by atoms with van der Waals surface area (Å²) in [4.78, 5) is 7.46. The van der Waals surface area contributed by atoms with Crippen LogP contribution >= 0.6 is 0 Å². The Kier molecular flexibility index (Phi) is 3.65. The van der Waals surface area contributed by atoms with Crippen LogP contribution in [0, 0.1) is 0 Å². The molecule has 1 aromatic heterocycles. The number of H-pyrrole nitrogens is 1. The monoisotopic (exact) mass is 255 g/mol. The molecule has 0 bridgehead atoms. The zero-order chi connectivity index (χ0) is 13.1. The van der Waals surface area contributed by atoms with Gasteiger partial charge in [-0.05, 0) is 24.3 Å². The van der Waals surface area contributed by atoms with Crippen molar-refractivity contribution in [1.82, 2.24) is 9.97 Å². The highest BCUT2D eigenvalue weighted by Gasteiger charge is 2.15. The summed E-state index contributed by atoms with van der Waals surface area (Å²) >= 11 is 0. The molecule has 0 spiro atoms. The fourth-order valence-electron chi connectivity index (χ4n) is 3.07. The van der Waals surface area contributed by atoms with E-state index in [1.807, 2.05) is 0 Å². The summed E-state index contributed by atoms with van der Waals surface area (Å²) < 4.78 is 0. The van der Waals surface area contributed by atoms with E-state index >= 15 is 0 Å². The Bertz CT molecular complexity index is 521. The van der Waals surface area contributed by atoms with Crippen LogP contribution in [0.25, 0.3) is 11.3 Å². The van der Waals surface area contributed by atoms with Crippen LogP contribution in [0.2, 0.25) is 0 Å². The molecule has 0 radical (unpaired) electrons. The second-order valence-corrected chi connectivity index (χ2v) is 5.39. The number of imidazole rings is 1. The second-order valence-electron chi connectivity index (χ2n) is 5.39. The minimum absolute atomic E-state index is 0.500. The van der Waals surface area contributed by atoms with Crippen LogP contribution in [0.4, 0.5) is 0 Å². The lowest BCUT2D eigenvalue weighted by Gasteiger charge is -2.22. The summed E-state index contributed by atoms with van der Waals surface area (Å²) in [5.74, 6) is 0.760. The Labute approximate surface area is 114 Å². The molecule has 2 aromatic rings. The molecule has 0 atom stereocenters. The van der Waals surface area contributed by atoms with Crippen LogP contribution in [0.1, 0.15) is 49.3 Å². The summed E-state index contributed by atoms with van der Waals surface area (Å²) in [6.45, 7) is 0.500. The third-order valence-electron chi connectivity index (χ3n) is 4.18. The van der Waals surface area contributed by atoms with Crippen molar-refractivity contribution in [3.05, 3.63) is 41.9 Å². The van der Waals surface area contributed by atoms with Gasteiger partial charge in [-0.2, -0.15) is 0 Å². The van der Waals surface area contributed by atoms with Crippen molar-refractivity contribution in [1.29, 1.82) is 0 Å². The third kappa shape index (κ3) is 2.56. The van der Waals surface area contributed by atoms with Crippen molar-refractivity contribution < 1.29 is 0 Å². The van der Waals surface area contributed by atoms with Gasteiger partial charge in [0.05, 0.1) is 17.7 Å². The Morgan fingerprint density at radius 2 is 1.84 bits per heavy atom. The van der Waals surface area contributed by atoms with E-state index in [1.165, 1.54) is 37.7 Å². The number of hydrogen-bond donors (Lipinski definition) is 2. The van der Waals surface area contributed by atoms with Gasteiger partial charge in [0.15, 0.2) is 0 Å². The molecule has 3 rings (SSSR count). The average molecular weight is 255 g/mol. The van der Waals surface area contributed by atoms with Crippen LogP contribution < -0.4 is 5.73 Å². The molecule has 0 aliphatic heterocycles. The molecule has 1 aliphatic carbocycles. The molecule has 3 heteroatoms. The van der Waals surface area contributed by atoms with E-state index in [9.17, 15) is 0 Å². The fraction of sp³-hybridized carbons (Fsp3) is 0.438. The lowest BCUT2D eigenvalue weighted by atomic mass is 9.84. The number of benzene rings is 1. The van der Waals surface area contributed by atoms with E-state index in [0.29, 0.717) is 6.54 Å². The highest BCUT2D eigenvalue weighted by Crippen LogP contribution is 2.33. The molecular formula is C16H21N3. The molecule has 19 heavy (non-hydrogen) atoms. The van der Waals surface area contributed by atoms with E-state index in [4.69, 9.17) is 5.73 Å². The van der Waals surface area contributed by atoms with Gasteiger partial charge in [0.1, 0.15) is 0 Å². The van der Waals surface area contributed by atoms with Crippen molar-refractivity contribution in [3.63, 3.8) is 0 Å². The standard InChI is InChI=1S/C16H21N3/c17-10-15-16(19-11-18-15)14-8-6-13(7-9-14)12-4-2-1-3-5-12/h6-9,11-12H,1-5,10,17H2,(H,18,19). The SMILES string of the molecule is NCc1[nH]cnc1-c1ccc(C2CCCCC2)cc1. The molecule has 3 nitrogen and oxygen atoms in total. The molecule has 1 aliphatic rings. The first-order chi connectivity index (χ1) is 9.38. The van der Waals surface area contributed by atoms with Crippen LogP contribution in [0.15, 0.2) is 30.6 Å². The maximum atomic E-state index is 5.71. The normalized spacial score (nSPS) is 16.7. The summed E-state index contributed by atoms with van der Waals surface area (Å²) in [7, 11) is 0. The number of aromatic amines is 1. The quantitative estimate of drug-likeness (QED) is 0.880. The molecule has 0 saturated heterocycles. The van der Waals surface area contributed by atoms with Crippen LogP contribution in [-0.4, -0.2) is 9.97 Å². The van der Waals surface area contributed by atoms with Gasteiger partial charge in [-0.15, -0.1) is 0 Å². The topological polar surface area (TPSA) is 54.7 Å². The molecule has 0 amide bonds. The van der Waals surface area contributed by atoms with Gasteiger partial charge in [0.25, 0.3) is 0 Å². The predicted octanol–water partition coefficient (Wildman–Crippen LogP) is 3.58. The average Bonchev–Trinajstić information content (AvgIpc) is 2.97. The Morgan fingerprint density at radius 3 is 2.53 bits per heavy atom. The van der Waals surface area contributed by atoms with E-state index in [1.54, 1.807) is 6.33 Å². The number of nitrogens with zero attached hydrogens (tertiary/aromatic N) is 1. The number of aromatic nitrogens is 2. The minimum Gasteiger partial charge on any atom is -0.347 e. The number of nitrogens with one attached hydrogen (secondary N) is 1. The second kappa shape index (κ2) is 5.57. The molecule has 3 N–H and O–H groups in total. The van der Waals surface area contributed by atoms with E-state index < -0.39 is 0 Å². The van der Waals surface area contributed by atoms with Crippen LogP contribution in [0.5, 0.6) is 0 Å². The van der Waals surface area contributed by atoms with Crippen molar-refractivity contribution in [2.24, 2.45) is 5.73 Å². The lowest BCUT2D eigenvalue weighted by molar-refractivity contribution is 0.443. The van der Waals surface area contributed by atoms with Gasteiger partial charge in [-0.25, -0.2) is 4.98 Å². The highest BCUT2D eigenvalue weighted by atomic mass is 14.9. The molecular weight excluding hydrogens is 234 g/mol. The largest absolute Gasteiger partial charge is 0.347 e. The predicted molar refractivity (Wildman–Crippen MR) is 77.7 cm³/mol. The van der Waals surface area contributed by atoms with Gasteiger partial charge in [-0.3, -0.25) is 0 Å². The maximum Gasteiger partial charge on any atom is 0.0929 e. The summed E-state index contributed by atoms with van der Waals surface area (Å²) in [6, 6.07) is 8.89. The third-order valence-corrected chi connectivity index (χ3v) is 4.18. The van der Waals surface area contributed by atoms with E-state index in [0.717, 1.165) is 22.9 Å². The molecule has 1 fully saturated rings. The Balaban J connectivity index is 1.82. The highest BCUT2D eigenvalue weighted by molar-refractivity contribution is 5.62. The maximum absolute atomic E-state index is 5.71. The van der Waals surface area contributed by atoms with Gasteiger partial charge in [0.2, 0.25) is 0 Å². The van der Waals surface area contributed by atoms with Crippen molar-refractivity contribution in [2.45, 2.75) is 44.6 Å². The van der Waals surface area contributed by atoms with E-state index in [2.05, 4.69) is 34.2 Å². The van der Waals surface area contributed by atoms with Crippen molar-refractivity contribution in [2.75, 3.05) is 0 Å². The number of rotatable bonds is 3. The molecule has 1 heterocycles. The van der Waals surface area contributed by atoms with E-state index in [-0.39, 0.29) is 0 Å². The first kappa shape index (κ1) is 12.4. The fourth-order valence-corrected chi connectivity index (χ4v) is 3.07. The minimum atomic E-state index is 0.500. The molecule has 1 saturated carbocycles. The summed E-state index contributed by atoms with van der Waals surface area (Å²) in [5.41, 5.74) is 10.3. The Hall–Kier alpha value is -1.61. The zero-order valence-electron chi connectivity index (χ0n) is 11.2. The molecule has 0 unspecified atom stereocenters.